The first kappa shape index (κ1) is 34.8. The van der Waals surface area contributed by atoms with Crippen LogP contribution in [-0.4, -0.2) is 28.4 Å². The van der Waals surface area contributed by atoms with Crippen molar-refractivity contribution in [3.8, 4) is 51.0 Å². The van der Waals surface area contributed by atoms with E-state index in [1.54, 1.807) is 34.5 Å². The highest BCUT2D eigenvalue weighted by molar-refractivity contribution is 6.12. The zero-order chi connectivity index (χ0) is 39.3. The van der Waals surface area contributed by atoms with E-state index in [2.05, 4.69) is 24.3 Å². The van der Waals surface area contributed by atoms with Crippen molar-refractivity contribution in [2.45, 2.75) is 17.2 Å². The quantitative estimate of drug-likeness (QED) is 0.169. The molecule has 1 spiro atoms. The molecule has 2 aliphatic carbocycles. The van der Waals surface area contributed by atoms with Gasteiger partial charge >= 0.3 is 6.18 Å². The lowest BCUT2D eigenvalue weighted by atomic mass is 9.68. The lowest BCUT2D eigenvalue weighted by molar-refractivity contribution is -0.137. The molecule has 1 heterocycles. The van der Waals surface area contributed by atoms with Crippen molar-refractivity contribution in [1.82, 2.24) is 0 Å². The van der Waals surface area contributed by atoms with Gasteiger partial charge in [-0.25, -0.2) is 0 Å². The Bertz CT molecular complexity index is 2710. The number of rotatable bonds is 6. The van der Waals surface area contributed by atoms with Gasteiger partial charge in [-0.15, -0.1) is 0 Å². The van der Waals surface area contributed by atoms with Gasteiger partial charge in [0.15, 0.2) is 17.1 Å². The number of methoxy groups -OCH3 is 4. The highest BCUT2D eigenvalue weighted by Crippen LogP contribution is 2.67. The summed E-state index contributed by atoms with van der Waals surface area (Å²) in [6.45, 7) is 0. The van der Waals surface area contributed by atoms with Gasteiger partial charge in [-0.2, -0.15) is 13.2 Å². The SMILES string of the molecule is COc1ccc(C2(c3ccc(OC)cc3)C=Cc3c4c(c5cc(OC)c(OC)cc5c3O2)-c2ccc(C(F)(F)F)cc2C42c3ccccc3-c3ccccc32)cc1. The van der Waals surface area contributed by atoms with Crippen LogP contribution in [0, 0.1) is 0 Å². The molecule has 1 aliphatic heterocycles. The molecule has 0 unspecified atom stereocenters. The van der Waals surface area contributed by atoms with Crippen molar-refractivity contribution >= 4 is 16.8 Å². The third kappa shape index (κ3) is 4.70. The van der Waals surface area contributed by atoms with Crippen LogP contribution in [0.1, 0.15) is 44.5 Å². The van der Waals surface area contributed by atoms with E-state index < -0.39 is 22.8 Å². The van der Waals surface area contributed by atoms with E-state index in [-0.39, 0.29) is 0 Å². The fourth-order valence-corrected chi connectivity index (χ4v) is 9.47. The summed E-state index contributed by atoms with van der Waals surface area (Å²) in [5, 5.41) is 1.48. The summed E-state index contributed by atoms with van der Waals surface area (Å²) >= 11 is 0. The Balaban J connectivity index is 1.38. The van der Waals surface area contributed by atoms with Gasteiger partial charge in [0.05, 0.1) is 39.4 Å². The van der Waals surface area contributed by atoms with Gasteiger partial charge < -0.3 is 23.7 Å². The molecule has 0 radical (unpaired) electrons. The highest BCUT2D eigenvalue weighted by Gasteiger charge is 2.55. The number of halogens is 3. The molecule has 3 aliphatic rings. The average Bonchev–Trinajstić information content (AvgIpc) is 3.73. The van der Waals surface area contributed by atoms with Crippen molar-refractivity contribution < 1.29 is 36.9 Å². The van der Waals surface area contributed by atoms with Crippen LogP contribution in [0.3, 0.4) is 0 Å². The van der Waals surface area contributed by atoms with Crippen molar-refractivity contribution in [2.75, 3.05) is 28.4 Å². The number of alkyl halides is 3. The lowest BCUT2D eigenvalue weighted by Crippen LogP contribution is -2.35. The molecule has 7 aromatic rings. The fraction of sp³-hybridized carbons (Fsp3) is 0.143. The van der Waals surface area contributed by atoms with Crippen molar-refractivity contribution in [1.29, 1.82) is 0 Å². The first-order valence-corrected chi connectivity index (χ1v) is 18.5. The van der Waals surface area contributed by atoms with Crippen LogP contribution in [0.2, 0.25) is 0 Å². The predicted octanol–water partition coefficient (Wildman–Crippen LogP) is 11.6. The summed E-state index contributed by atoms with van der Waals surface area (Å²) in [6.07, 6.45) is -0.430. The Hall–Kier alpha value is -6.67. The molecule has 0 aromatic heterocycles. The first-order valence-electron chi connectivity index (χ1n) is 18.5. The number of benzene rings is 7. The van der Waals surface area contributed by atoms with Crippen LogP contribution in [-0.2, 0) is 17.2 Å². The van der Waals surface area contributed by atoms with E-state index in [1.807, 2.05) is 97.1 Å². The van der Waals surface area contributed by atoms with E-state index in [4.69, 9.17) is 23.7 Å². The van der Waals surface area contributed by atoms with Crippen LogP contribution in [0.25, 0.3) is 39.1 Å². The van der Waals surface area contributed by atoms with Crippen LogP contribution in [0.5, 0.6) is 28.7 Å². The van der Waals surface area contributed by atoms with Gasteiger partial charge in [-0.05, 0) is 105 Å². The Labute approximate surface area is 327 Å². The van der Waals surface area contributed by atoms with E-state index in [0.29, 0.717) is 39.9 Å². The summed E-state index contributed by atoms with van der Waals surface area (Å²) in [7, 11) is 6.41. The largest absolute Gasteiger partial charge is 0.497 e. The van der Waals surface area contributed by atoms with Gasteiger partial charge in [0.1, 0.15) is 17.2 Å². The van der Waals surface area contributed by atoms with Crippen molar-refractivity contribution in [3.05, 3.63) is 178 Å². The zero-order valence-corrected chi connectivity index (χ0v) is 31.5. The third-order valence-electron chi connectivity index (χ3n) is 11.9. The summed E-state index contributed by atoms with van der Waals surface area (Å²) in [4.78, 5) is 0. The first-order chi connectivity index (χ1) is 27.7. The van der Waals surface area contributed by atoms with E-state index in [0.717, 1.165) is 60.8 Å². The molecule has 0 fully saturated rings. The summed E-state index contributed by atoms with van der Waals surface area (Å²) in [5.41, 5.74) is 6.14. The fourth-order valence-electron chi connectivity index (χ4n) is 9.47. The molecular weight excluding hydrogens is 726 g/mol. The third-order valence-corrected chi connectivity index (χ3v) is 11.9. The number of ether oxygens (including phenoxy) is 5. The van der Waals surface area contributed by atoms with Crippen molar-refractivity contribution in [2.24, 2.45) is 0 Å². The van der Waals surface area contributed by atoms with Gasteiger partial charge in [0.25, 0.3) is 0 Å². The molecule has 0 saturated heterocycles. The predicted molar refractivity (Wildman–Crippen MR) is 215 cm³/mol. The standard InChI is InChI=1S/C49H35F3O5/c1-53-31-18-13-28(14-19-31)47(29-15-20-32(54-2)21-16-29)24-23-36-45-44(37-26-42(55-3)43(56-4)27-38(37)46(36)57-47)35-22-17-30(49(50,51)52)25-41(35)48(45)39-11-7-5-9-33(39)34-10-6-8-12-40(34)48/h5-27H,1-4H3. The van der Waals surface area contributed by atoms with Gasteiger partial charge in [-0.1, -0.05) is 84.9 Å². The Morgan fingerprint density at radius 1 is 0.544 bits per heavy atom. The second-order valence-electron chi connectivity index (χ2n) is 14.5. The minimum atomic E-state index is -4.57. The van der Waals surface area contributed by atoms with Gasteiger partial charge in [0.2, 0.25) is 0 Å². The molecule has 282 valence electrons. The maximum absolute atomic E-state index is 14.8. The molecule has 7 aromatic carbocycles. The molecule has 8 heteroatoms. The molecule has 57 heavy (non-hydrogen) atoms. The topological polar surface area (TPSA) is 46.2 Å². The smallest absolute Gasteiger partial charge is 0.416 e. The van der Waals surface area contributed by atoms with Gasteiger partial charge in [0, 0.05) is 22.1 Å². The normalized spacial score (nSPS) is 14.9. The summed E-state index contributed by atoms with van der Waals surface area (Å²) < 4.78 is 74.8. The lowest BCUT2D eigenvalue weighted by Gasteiger charge is -2.39. The van der Waals surface area contributed by atoms with E-state index >= 15 is 0 Å². The van der Waals surface area contributed by atoms with E-state index in [9.17, 15) is 13.2 Å². The molecule has 0 bridgehead atoms. The minimum absolute atomic E-state index is 0.483. The second-order valence-corrected chi connectivity index (χ2v) is 14.5. The molecule has 10 rings (SSSR count). The maximum Gasteiger partial charge on any atom is 0.416 e. The molecule has 0 atom stereocenters. The maximum atomic E-state index is 14.8. The average molecular weight is 761 g/mol. The van der Waals surface area contributed by atoms with Crippen LogP contribution in [0.15, 0.2) is 133 Å². The highest BCUT2D eigenvalue weighted by atomic mass is 19.4. The van der Waals surface area contributed by atoms with Crippen molar-refractivity contribution in [3.63, 3.8) is 0 Å². The minimum Gasteiger partial charge on any atom is -0.497 e. The second kappa shape index (κ2) is 12.4. The number of fused-ring (bicyclic) bond motifs is 15. The number of hydrogen-bond acceptors (Lipinski definition) is 5. The van der Waals surface area contributed by atoms with Gasteiger partial charge in [-0.3, -0.25) is 0 Å². The van der Waals surface area contributed by atoms with Crippen LogP contribution in [0.4, 0.5) is 13.2 Å². The molecular formula is C49H35F3O5. The van der Waals surface area contributed by atoms with Crippen LogP contribution >= 0.6 is 0 Å². The van der Waals surface area contributed by atoms with Crippen LogP contribution < -0.4 is 23.7 Å². The zero-order valence-electron chi connectivity index (χ0n) is 31.5. The van der Waals surface area contributed by atoms with E-state index in [1.165, 1.54) is 12.1 Å². The Morgan fingerprint density at radius 2 is 1.09 bits per heavy atom. The summed E-state index contributed by atoms with van der Waals surface area (Å²) in [6, 6.07) is 39.6. The monoisotopic (exact) mass is 760 g/mol. The number of hydrogen-bond donors (Lipinski definition) is 0. The molecule has 5 nitrogen and oxygen atoms in total. The Morgan fingerprint density at radius 3 is 1.61 bits per heavy atom. The molecule has 0 amide bonds. The Kier molecular flexibility index (Phi) is 7.58. The molecule has 0 saturated carbocycles. The molecule has 0 N–H and O–H groups in total. The summed E-state index contributed by atoms with van der Waals surface area (Å²) in [5.74, 6) is 2.92.